The van der Waals surface area contributed by atoms with Crippen LogP contribution in [-0.4, -0.2) is 38.5 Å². The number of rotatable bonds is 4. The average Bonchev–Trinajstić information content (AvgIpc) is 3.34. The Balaban J connectivity index is 1.47. The fourth-order valence-electron chi connectivity index (χ4n) is 4.55. The van der Waals surface area contributed by atoms with Crippen molar-refractivity contribution >= 4 is 11.6 Å². The first-order chi connectivity index (χ1) is 13.4. The zero-order valence-corrected chi connectivity index (χ0v) is 15.8. The summed E-state index contributed by atoms with van der Waals surface area (Å²) in [5, 5.41) is 8.17. The molecule has 2 fully saturated rings. The molecule has 5 nitrogen and oxygen atoms in total. The Morgan fingerprint density at radius 3 is 2.64 bits per heavy atom. The molecule has 1 atom stereocenters. The molecule has 152 valence electrons. The highest BCUT2D eigenvalue weighted by atomic mass is 19.4. The van der Waals surface area contributed by atoms with Gasteiger partial charge in [0.1, 0.15) is 5.82 Å². The van der Waals surface area contributed by atoms with Crippen molar-refractivity contribution < 1.29 is 18.0 Å². The first kappa shape index (κ1) is 19.2. The molecule has 1 saturated heterocycles. The van der Waals surface area contributed by atoms with E-state index < -0.39 is 11.7 Å². The van der Waals surface area contributed by atoms with Crippen LogP contribution in [0.25, 0.3) is 5.65 Å². The predicted octanol–water partition coefficient (Wildman–Crippen LogP) is 4.42. The largest absolute Gasteiger partial charge is 0.417 e. The Hall–Kier alpha value is -2.12. The molecular weight excluding hydrogens is 369 g/mol. The Morgan fingerprint density at radius 2 is 1.89 bits per heavy atom. The number of pyridine rings is 1. The van der Waals surface area contributed by atoms with Crippen molar-refractivity contribution in [1.29, 1.82) is 0 Å². The Labute approximate surface area is 161 Å². The highest BCUT2D eigenvalue weighted by molar-refractivity contribution is 5.76. The molecule has 1 aliphatic carbocycles. The van der Waals surface area contributed by atoms with Gasteiger partial charge in [-0.05, 0) is 37.3 Å². The Morgan fingerprint density at radius 1 is 1.11 bits per heavy atom. The van der Waals surface area contributed by atoms with Crippen LogP contribution in [0.2, 0.25) is 0 Å². The lowest BCUT2D eigenvalue weighted by molar-refractivity contribution is -0.137. The number of carbonyl (C=O) groups is 1. The molecule has 1 unspecified atom stereocenters. The van der Waals surface area contributed by atoms with E-state index in [2.05, 4.69) is 10.2 Å². The molecule has 4 rings (SSSR count). The smallest absolute Gasteiger partial charge is 0.342 e. The van der Waals surface area contributed by atoms with Crippen LogP contribution in [0.4, 0.5) is 13.2 Å². The highest BCUT2D eigenvalue weighted by Crippen LogP contribution is 2.32. The third kappa shape index (κ3) is 4.00. The van der Waals surface area contributed by atoms with E-state index in [-0.39, 0.29) is 11.8 Å². The first-order valence-electron chi connectivity index (χ1n) is 10.1. The van der Waals surface area contributed by atoms with Gasteiger partial charge in [-0.2, -0.15) is 13.2 Å². The molecule has 28 heavy (non-hydrogen) atoms. The van der Waals surface area contributed by atoms with Gasteiger partial charge in [-0.15, -0.1) is 10.2 Å². The highest BCUT2D eigenvalue weighted by Gasteiger charge is 2.33. The van der Waals surface area contributed by atoms with Crippen LogP contribution >= 0.6 is 0 Å². The van der Waals surface area contributed by atoms with Crippen molar-refractivity contribution in [3.63, 3.8) is 0 Å². The summed E-state index contributed by atoms with van der Waals surface area (Å²) in [7, 11) is 0. The van der Waals surface area contributed by atoms with E-state index in [4.69, 9.17) is 0 Å². The van der Waals surface area contributed by atoms with Gasteiger partial charge in [0.25, 0.3) is 0 Å². The van der Waals surface area contributed by atoms with Crippen molar-refractivity contribution in [1.82, 2.24) is 19.5 Å². The molecule has 1 amide bonds. The first-order valence-corrected chi connectivity index (χ1v) is 10.1. The fraction of sp³-hybridized carbons (Fsp3) is 0.650. The van der Waals surface area contributed by atoms with E-state index >= 15 is 0 Å². The molecule has 0 aromatic carbocycles. The summed E-state index contributed by atoms with van der Waals surface area (Å²) in [6.07, 6.45) is 4.77. The van der Waals surface area contributed by atoms with Gasteiger partial charge in [0.15, 0.2) is 5.65 Å². The molecule has 0 spiro atoms. The summed E-state index contributed by atoms with van der Waals surface area (Å²) in [6.45, 7) is 1.21. The van der Waals surface area contributed by atoms with Gasteiger partial charge < -0.3 is 4.90 Å². The van der Waals surface area contributed by atoms with Crippen molar-refractivity contribution in [3.05, 3.63) is 29.7 Å². The van der Waals surface area contributed by atoms with Crippen LogP contribution in [0, 0.1) is 5.92 Å². The molecule has 1 aliphatic heterocycles. The van der Waals surface area contributed by atoms with E-state index in [9.17, 15) is 18.0 Å². The lowest BCUT2D eigenvalue weighted by Gasteiger charge is -2.32. The zero-order valence-electron chi connectivity index (χ0n) is 15.8. The number of amides is 1. The SMILES string of the molecule is O=C(CCC1CCCC1)N1CCCC(c2nnc3ccc(C(F)(F)F)cn23)C1. The van der Waals surface area contributed by atoms with Gasteiger partial charge in [-0.25, -0.2) is 0 Å². The van der Waals surface area contributed by atoms with Crippen molar-refractivity contribution in [2.75, 3.05) is 13.1 Å². The number of likely N-dealkylation sites (tertiary alicyclic amines) is 1. The maximum atomic E-state index is 13.1. The molecule has 0 bridgehead atoms. The van der Waals surface area contributed by atoms with Crippen LogP contribution in [0.15, 0.2) is 18.3 Å². The van der Waals surface area contributed by atoms with Crippen molar-refractivity contribution in [3.8, 4) is 0 Å². The maximum Gasteiger partial charge on any atom is 0.417 e. The second-order valence-electron chi connectivity index (χ2n) is 8.07. The van der Waals surface area contributed by atoms with Gasteiger partial charge in [-0.3, -0.25) is 9.20 Å². The number of hydrogen-bond acceptors (Lipinski definition) is 3. The van der Waals surface area contributed by atoms with E-state index in [1.807, 2.05) is 4.90 Å². The maximum absolute atomic E-state index is 13.1. The monoisotopic (exact) mass is 394 g/mol. The lowest BCUT2D eigenvalue weighted by atomic mass is 9.96. The molecule has 0 N–H and O–H groups in total. The minimum absolute atomic E-state index is 0.0948. The molecule has 2 aliphatic rings. The summed E-state index contributed by atoms with van der Waals surface area (Å²) in [4.78, 5) is 14.5. The van der Waals surface area contributed by atoms with Gasteiger partial charge in [0.05, 0.1) is 5.56 Å². The summed E-state index contributed by atoms with van der Waals surface area (Å²) in [6, 6.07) is 2.36. The number of carbonyl (C=O) groups excluding carboxylic acids is 1. The van der Waals surface area contributed by atoms with Crippen LogP contribution in [0.5, 0.6) is 0 Å². The molecule has 0 radical (unpaired) electrons. The van der Waals surface area contributed by atoms with Crippen LogP contribution in [0.1, 0.15) is 68.7 Å². The normalized spacial score (nSPS) is 21.5. The number of piperidine rings is 1. The van der Waals surface area contributed by atoms with Crippen molar-refractivity contribution in [2.24, 2.45) is 5.92 Å². The van der Waals surface area contributed by atoms with Crippen LogP contribution in [0.3, 0.4) is 0 Å². The van der Waals surface area contributed by atoms with Crippen molar-refractivity contribution in [2.45, 2.75) is 63.5 Å². The predicted molar refractivity (Wildman–Crippen MR) is 97.7 cm³/mol. The molecular formula is C20H25F3N4O. The number of halogens is 3. The van der Waals surface area contributed by atoms with Gasteiger partial charge >= 0.3 is 6.18 Å². The molecule has 3 heterocycles. The number of alkyl halides is 3. The summed E-state index contributed by atoms with van der Waals surface area (Å²) in [5.41, 5.74) is -0.325. The molecule has 2 aromatic rings. The van der Waals surface area contributed by atoms with Gasteiger partial charge in [-0.1, -0.05) is 25.7 Å². The molecule has 8 heteroatoms. The Kier molecular flexibility index (Phi) is 5.29. The van der Waals surface area contributed by atoms with Gasteiger partial charge in [0.2, 0.25) is 5.91 Å². The molecule has 1 saturated carbocycles. The third-order valence-electron chi connectivity index (χ3n) is 6.14. The Bertz CT molecular complexity index is 842. The molecule has 2 aromatic heterocycles. The number of hydrogen-bond donors (Lipinski definition) is 0. The van der Waals surface area contributed by atoms with Gasteiger partial charge in [0, 0.05) is 31.6 Å². The van der Waals surface area contributed by atoms with E-state index in [0.717, 1.165) is 31.5 Å². The van der Waals surface area contributed by atoms with E-state index in [1.165, 1.54) is 36.2 Å². The number of fused-ring (bicyclic) bond motifs is 1. The van der Waals surface area contributed by atoms with E-state index in [1.54, 1.807) is 0 Å². The second kappa shape index (κ2) is 7.72. The second-order valence-corrected chi connectivity index (χ2v) is 8.07. The summed E-state index contributed by atoms with van der Waals surface area (Å²) < 4.78 is 40.6. The minimum Gasteiger partial charge on any atom is -0.342 e. The quantitative estimate of drug-likeness (QED) is 0.771. The van der Waals surface area contributed by atoms with E-state index in [0.29, 0.717) is 36.9 Å². The summed E-state index contributed by atoms with van der Waals surface area (Å²) in [5.74, 6) is 1.24. The topological polar surface area (TPSA) is 50.5 Å². The zero-order chi connectivity index (χ0) is 19.7. The number of aromatic nitrogens is 3. The summed E-state index contributed by atoms with van der Waals surface area (Å²) >= 11 is 0. The number of nitrogens with zero attached hydrogens (tertiary/aromatic N) is 4. The minimum atomic E-state index is -4.41. The average molecular weight is 394 g/mol. The van der Waals surface area contributed by atoms with Crippen LogP contribution in [-0.2, 0) is 11.0 Å². The lowest BCUT2D eigenvalue weighted by Crippen LogP contribution is -2.39. The third-order valence-corrected chi connectivity index (χ3v) is 6.14. The standard InChI is InChI=1S/C20H25F3N4O/c21-20(22,23)16-8-9-17-24-25-19(27(17)13-16)15-6-3-11-26(12-15)18(28)10-7-14-4-1-2-5-14/h8-9,13-15H,1-7,10-12H2. The van der Waals surface area contributed by atoms with Crippen LogP contribution < -0.4 is 0 Å². The fourth-order valence-corrected chi connectivity index (χ4v) is 4.55.